The Morgan fingerprint density at radius 3 is 2.65 bits per heavy atom. The molecule has 194 valence electrons. The van der Waals surface area contributed by atoms with E-state index in [-0.39, 0.29) is 11.7 Å². The monoisotopic (exact) mass is 502 g/mol. The van der Waals surface area contributed by atoms with Crippen molar-refractivity contribution in [2.24, 2.45) is 5.92 Å². The standard InChI is InChI=1S/C28H34N6O3/c1-19-5-6-25-31-21(18-34(25)16-19)17-33-12-9-22-23(26(33)35)14-29-15-24(22)32-10-7-20(8-11-32)13-30-27(36)37-28(2,3)4/h5-6,9,12,14-16,18,20H,7-8,10-11,13,17H2,1-4H3,(H,30,36). The van der Waals surface area contributed by atoms with Crippen LogP contribution in [0.3, 0.4) is 0 Å². The molecule has 5 heterocycles. The largest absolute Gasteiger partial charge is 0.444 e. The lowest BCUT2D eigenvalue weighted by atomic mass is 9.96. The second kappa shape index (κ2) is 9.88. The average molecular weight is 503 g/mol. The van der Waals surface area contributed by atoms with Gasteiger partial charge in [0.05, 0.1) is 29.5 Å². The van der Waals surface area contributed by atoms with Gasteiger partial charge in [0.1, 0.15) is 11.2 Å². The van der Waals surface area contributed by atoms with Gasteiger partial charge in [0.25, 0.3) is 5.56 Å². The molecule has 0 spiro atoms. The zero-order valence-corrected chi connectivity index (χ0v) is 21.9. The van der Waals surface area contributed by atoms with Gasteiger partial charge >= 0.3 is 6.09 Å². The van der Waals surface area contributed by atoms with Crippen molar-refractivity contribution in [3.05, 3.63) is 70.8 Å². The summed E-state index contributed by atoms with van der Waals surface area (Å²) in [6.07, 6.45) is 10.9. The van der Waals surface area contributed by atoms with Crippen molar-refractivity contribution in [3.8, 4) is 0 Å². The van der Waals surface area contributed by atoms with Crippen molar-refractivity contribution in [1.29, 1.82) is 0 Å². The molecular weight excluding hydrogens is 468 g/mol. The van der Waals surface area contributed by atoms with E-state index in [1.54, 1.807) is 10.8 Å². The summed E-state index contributed by atoms with van der Waals surface area (Å²) in [5, 5.41) is 4.41. The van der Waals surface area contributed by atoms with Crippen LogP contribution in [0.25, 0.3) is 16.4 Å². The zero-order chi connectivity index (χ0) is 26.2. The van der Waals surface area contributed by atoms with E-state index in [1.807, 2.05) is 75.1 Å². The normalized spacial score (nSPS) is 14.9. The number of ether oxygens (including phenoxy) is 1. The highest BCUT2D eigenvalue weighted by atomic mass is 16.6. The number of rotatable bonds is 5. The van der Waals surface area contributed by atoms with E-state index in [2.05, 4.69) is 20.2 Å². The molecule has 37 heavy (non-hydrogen) atoms. The van der Waals surface area contributed by atoms with E-state index < -0.39 is 5.60 Å². The smallest absolute Gasteiger partial charge is 0.407 e. The van der Waals surface area contributed by atoms with Gasteiger partial charge in [-0.05, 0) is 64.2 Å². The molecule has 0 radical (unpaired) electrons. The van der Waals surface area contributed by atoms with Gasteiger partial charge in [-0.2, -0.15) is 0 Å². The summed E-state index contributed by atoms with van der Waals surface area (Å²) in [6, 6.07) is 6.01. The van der Waals surface area contributed by atoms with Crippen LogP contribution in [0.1, 0.15) is 44.9 Å². The molecule has 0 saturated carbocycles. The first-order valence-corrected chi connectivity index (χ1v) is 12.8. The molecule has 0 aliphatic carbocycles. The Hall–Kier alpha value is -3.88. The molecule has 0 atom stereocenters. The number of aromatic nitrogens is 4. The number of imidazole rings is 1. The van der Waals surface area contributed by atoms with Crippen LogP contribution in [-0.2, 0) is 11.3 Å². The summed E-state index contributed by atoms with van der Waals surface area (Å²) >= 11 is 0. The van der Waals surface area contributed by atoms with E-state index in [9.17, 15) is 9.59 Å². The van der Waals surface area contributed by atoms with Crippen molar-refractivity contribution in [1.82, 2.24) is 24.3 Å². The lowest BCUT2D eigenvalue weighted by Gasteiger charge is -2.34. The summed E-state index contributed by atoms with van der Waals surface area (Å²) in [5.74, 6) is 0.387. The number of fused-ring (bicyclic) bond motifs is 2. The fraction of sp³-hybridized carbons (Fsp3) is 0.429. The number of pyridine rings is 3. The van der Waals surface area contributed by atoms with Crippen LogP contribution in [0.4, 0.5) is 10.5 Å². The molecule has 0 unspecified atom stereocenters. The molecule has 9 heteroatoms. The molecular formula is C28H34N6O3. The zero-order valence-electron chi connectivity index (χ0n) is 21.9. The highest BCUT2D eigenvalue weighted by Crippen LogP contribution is 2.28. The fourth-order valence-corrected chi connectivity index (χ4v) is 4.89. The number of anilines is 1. The molecule has 9 nitrogen and oxygen atoms in total. The third-order valence-electron chi connectivity index (χ3n) is 6.75. The quantitative estimate of drug-likeness (QED) is 0.441. The molecule has 1 fully saturated rings. The van der Waals surface area contributed by atoms with Gasteiger partial charge in [-0.3, -0.25) is 9.78 Å². The predicted octanol–water partition coefficient (Wildman–Crippen LogP) is 4.14. The van der Waals surface area contributed by atoms with Crippen LogP contribution in [-0.4, -0.2) is 50.3 Å². The minimum absolute atomic E-state index is 0.0727. The topological polar surface area (TPSA) is 93.8 Å². The average Bonchev–Trinajstić information content (AvgIpc) is 3.25. The minimum atomic E-state index is -0.501. The van der Waals surface area contributed by atoms with E-state index in [4.69, 9.17) is 4.74 Å². The van der Waals surface area contributed by atoms with Crippen LogP contribution in [0.15, 0.2) is 54.0 Å². The molecule has 1 saturated heterocycles. The highest BCUT2D eigenvalue weighted by Gasteiger charge is 2.23. The first-order valence-electron chi connectivity index (χ1n) is 12.8. The lowest BCUT2D eigenvalue weighted by molar-refractivity contribution is 0.0517. The second-order valence-electron chi connectivity index (χ2n) is 10.9. The van der Waals surface area contributed by atoms with Crippen LogP contribution < -0.4 is 15.8 Å². The summed E-state index contributed by atoms with van der Waals surface area (Å²) in [4.78, 5) is 36.7. The second-order valence-corrected chi connectivity index (χ2v) is 10.9. The molecule has 1 amide bonds. The highest BCUT2D eigenvalue weighted by molar-refractivity contribution is 5.92. The third-order valence-corrected chi connectivity index (χ3v) is 6.75. The third kappa shape index (κ3) is 5.60. The first-order chi connectivity index (χ1) is 17.7. The van der Waals surface area contributed by atoms with E-state index in [1.165, 1.54) is 0 Å². The number of alkyl carbamates (subject to hydrolysis) is 1. The van der Waals surface area contributed by atoms with Crippen molar-refractivity contribution < 1.29 is 9.53 Å². The molecule has 4 aromatic heterocycles. The molecule has 1 aliphatic heterocycles. The van der Waals surface area contributed by atoms with Crippen molar-refractivity contribution in [3.63, 3.8) is 0 Å². The summed E-state index contributed by atoms with van der Waals surface area (Å²) in [7, 11) is 0. The predicted molar refractivity (Wildman–Crippen MR) is 144 cm³/mol. The number of carbonyl (C=O) groups excluding carboxylic acids is 1. The summed E-state index contributed by atoms with van der Waals surface area (Å²) in [5.41, 5.74) is 3.25. The minimum Gasteiger partial charge on any atom is -0.444 e. The maximum absolute atomic E-state index is 13.4. The van der Waals surface area contributed by atoms with Gasteiger partial charge in [0.15, 0.2) is 0 Å². The Bertz CT molecular complexity index is 1490. The number of nitrogens with one attached hydrogen (secondary N) is 1. The molecule has 1 aliphatic rings. The van der Waals surface area contributed by atoms with Crippen LogP contribution in [0.2, 0.25) is 0 Å². The van der Waals surface area contributed by atoms with Crippen molar-refractivity contribution in [2.75, 3.05) is 24.5 Å². The van der Waals surface area contributed by atoms with Crippen molar-refractivity contribution in [2.45, 2.75) is 52.7 Å². The molecule has 0 aromatic carbocycles. The molecule has 1 N–H and O–H groups in total. The summed E-state index contributed by atoms with van der Waals surface area (Å²) in [6.45, 7) is 10.3. The first kappa shape index (κ1) is 24.8. The maximum Gasteiger partial charge on any atom is 0.407 e. The number of amides is 1. The van der Waals surface area contributed by atoms with Crippen LogP contribution in [0.5, 0.6) is 0 Å². The van der Waals surface area contributed by atoms with E-state index in [0.717, 1.165) is 53.9 Å². The van der Waals surface area contributed by atoms with E-state index >= 15 is 0 Å². The van der Waals surface area contributed by atoms with Crippen LogP contribution in [0, 0.1) is 12.8 Å². The Morgan fingerprint density at radius 1 is 1.11 bits per heavy atom. The summed E-state index contributed by atoms with van der Waals surface area (Å²) < 4.78 is 9.02. The number of nitrogens with zero attached hydrogens (tertiary/aromatic N) is 5. The van der Waals surface area contributed by atoms with E-state index in [0.29, 0.717) is 24.4 Å². The number of piperidine rings is 1. The molecule has 4 aromatic rings. The Labute approximate surface area is 216 Å². The van der Waals surface area contributed by atoms with Gasteiger partial charge in [-0.1, -0.05) is 6.07 Å². The number of aryl methyl sites for hydroxylation is 1. The van der Waals surface area contributed by atoms with Gasteiger partial charge in [-0.15, -0.1) is 0 Å². The number of carbonyl (C=O) groups is 1. The molecule has 5 rings (SSSR count). The number of hydrogen-bond acceptors (Lipinski definition) is 6. The fourth-order valence-electron chi connectivity index (χ4n) is 4.89. The van der Waals surface area contributed by atoms with Crippen LogP contribution >= 0.6 is 0 Å². The van der Waals surface area contributed by atoms with Gasteiger partial charge in [0, 0.05) is 49.8 Å². The Morgan fingerprint density at radius 2 is 1.89 bits per heavy atom. The molecule has 0 bridgehead atoms. The Kier molecular flexibility index (Phi) is 6.62. The van der Waals surface area contributed by atoms with Gasteiger partial charge in [0.2, 0.25) is 0 Å². The SMILES string of the molecule is Cc1ccc2nc(Cn3ccc4c(N5CCC(CNC(=O)OC(C)(C)C)CC5)cncc4c3=O)cn2c1. The van der Waals surface area contributed by atoms with Gasteiger partial charge in [-0.25, -0.2) is 9.78 Å². The maximum atomic E-state index is 13.4. The van der Waals surface area contributed by atoms with Gasteiger partial charge < -0.3 is 23.9 Å². The van der Waals surface area contributed by atoms with Crippen molar-refractivity contribution >= 4 is 28.2 Å². The number of hydrogen-bond donors (Lipinski definition) is 1. The lowest BCUT2D eigenvalue weighted by Crippen LogP contribution is -2.40. The Balaban J connectivity index is 1.28.